The molecule has 5 heteroatoms. The van der Waals surface area contributed by atoms with Gasteiger partial charge in [-0.05, 0) is 24.1 Å². The van der Waals surface area contributed by atoms with Crippen molar-refractivity contribution in [3.05, 3.63) is 35.4 Å². The fourth-order valence-corrected chi connectivity index (χ4v) is 2.24. The minimum atomic E-state index is -0.258. The first-order valence-corrected chi connectivity index (χ1v) is 6.22. The number of aliphatic hydroxyl groups is 1. The summed E-state index contributed by atoms with van der Waals surface area (Å²) in [6, 6.07) is 6.83. The maximum absolute atomic E-state index is 12.2. The summed E-state index contributed by atoms with van der Waals surface area (Å²) in [5.41, 5.74) is 1.34. The van der Waals surface area contributed by atoms with Crippen LogP contribution in [0.4, 0.5) is 0 Å². The van der Waals surface area contributed by atoms with Crippen molar-refractivity contribution >= 4 is 11.9 Å². The number of likely N-dealkylation sites (tertiary alicyclic amines) is 1. The Morgan fingerprint density at radius 3 is 2.63 bits per heavy atom. The van der Waals surface area contributed by atoms with Crippen LogP contribution in [0.1, 0.15) is 22.3 Å². The molecule has 1 saturated heterocycles. The van der Waals surface area contributed by atoms with E-state index in [2.05, 4.69) is 0 Å². The van der Waals surface area contributed by atoms with Gasteiger partial charge in [0.2, 0.25) is 0 Å². The smallest absolute Gasteiger partial charge is 0.310 e. The molecule has 1 aliphatic rings. The van der Waals surface area contributed by atoms with Crippen molar-refractivity contribution in [2.45, 2.75) is 13.0 Å². The van der Waals surface area contributed by atoms with Crippen LogP contribution < -0.4 is 0 Å². The number of esters is 1. The fraction of sp³-hybridized carbons (Fsp3) is 0.429. The summed E-state index contributed by atoms with van der Waals surface area (Å²) < 4.78 is 4.69. The zero-order valence-electron chi connectivity index (χ0n) is 10.8. The molecule has 0 aliphatic carbocycles. The lowest BCUT2D eigenvalue weighted by atomic mass is 10.1. The molecule has 1 heterocycles. The highest BCUT2D eigenvalue weighted by Gasteiger charge is 2.31. The minimum absolute atomic E-state index is 0.0391. The molecule has 1 unspecified atom stereocenters. The van der Waals surface area contributed by atoms with E-state index in [1.807, 2.05) is 0 Å². The van der Waals surface area contributed by atoms with Crippen molar-refractivity contribution in [1.82, 2.24) is 4.90 Å². The molecule has 0 radical (unpaired) electrons. The van der Waals surface area contributed by atoms with Gasteiger partial charge in [-0.2, -0.15) is 0 Å². The molecule has 1 amide bonds. The van der Waals surface area contributed by atoms with E-state index >= 15 is 0 Å². The second-order valence-electron chi connectivity index (χ2n) is 4.61. The summed E-state index contributed by atoms with van der Waals surface area (Å²) in [6.45, 7) is 0.941. The van der Waals surface area contributed by atoms with Crippen LogP contribution in [0.25, 0.3) is 0 Å². The highest BCUT2D eigenvalue weighted by Crippen LogP contribution is 2.20. The third kappa shape index (κ3) is 2.93. The number of ether oxygens (including phenoxy) is 1. The monoisotopic (exact) mass is 263 g/mol. The van der Waals surface area contributed by atoms with Gasteiger partial charge in [-0.3, -0.25) is 9.59 Å². The highest BCUT2D eigenvalue weighted by atomic mass is 16.5. The predicted octanol–water partition coefficient (Wildman–Crippen LogP) is 0.814. The molecule has 0 saturated carbocycles. The number of hydrogen-bond acceptors (Lipinski definition) is 4. The Balaban J connectivity index is 2.02. The summed E-state index contributed by atoms with van der Waals surface area (Å²) in [7, 11) is 1.36. The average Bonchev–Trinajstić information content (AvgIpc) is 2.95. The quantitative estimate of drug-likeness (QED) is 0.820. The molecule has 1 aromatic rings. The van der Waals surface area contributed by atoms with E-state index in [-0.39, 0.29) is 24.4 Å². The summed E-state index contributed by atoms with van der Waals surface area (Å²) >= 11 is 0. The Morgan fingerprint density at radius 2 is 2.05 bits per heavy atom. The maximum atomic E-state index is 12.2. The Bertz CT molecular complexity index is 469. The number of methoxy groups -OCH3 is 1. The van der Waals surface area contributed by atoms with Crippen LogP contribution in [-0.2, 0) is 16.1 Å². The van der Waals surface area contributed by atoms with Gasteiger partial charge in [0.1, 0.15) is 0 Å². The van der Waals surface area contributed by atoms with Crippen molar-refractivity contribution in [3.63, 3.8) is 0 Å². The van der Waals surface area contributed by atoms with Crippen LogP contribution in [0.5, 0.6) is 0 Å². The fourth-order valence-electron chi connectivity index (χ4n) is 2.24. The van der Waals surface area contributed by atoms with Gasteiger partial charge in [0.15, 0.2) is 0 Å². The molecule has 5 nitrogen and oxygen atoms in total. The average molecular weight is 263 g/mol. The first-order chi connectivity index (χ1) is 9.15. The lowest BCUT2D eigenvalue weighted by Gasteiger charge is -2.16. The van der Waals surface area contributed by atoms with E-state index in [4.69, 9.17) is 9.84 Å². The topological polar surface area (TPSA) is 66.8 Å². The summed E-state index contributed by atoms with van der Waals surface area (Å²) in [6.07, 6.45) is 0.646. The molecule has 0 bridgehead atoms. The third-order valence-electron chi connectivity index (χ3n) is 3.39. The standard InChI is InChI=1S/C14H17NO4/c1-19-14(18)12-6-7-15(8-12)13(17)11-4-2-10(9-16)3-5-11/h2-5,12,16H,6-9H2,1H3. The molecule has 1 aliphatic heterocycles. The van der Waals surface area contributed by atoms with Crippen molar-refractivity contribution in [3.8, 4) is 0 Å². The summed E-state index contributed by atoms with van der Waals surface area (Å²) in [5.74, 6) is -0.563. The van der Waals surface area contributed by atoms with Gasteiger partial charge < -0.3 is 14.7 Å². The Morgan fingerprint density at radius 1 is 1.37 bits per heavy atom. The van der Waals surface area contributed by atoms with E-state index in [0.29, 0.717) is 25.1 Å². The molecular weight excluding hydrogens is 246 g/mol. The zero-order valence-corrected chi connectivity index (χ0v) is 10.8. The SMILES string of the molecule is COC(=O)C1CCN(C(=O)c2ccc(CO)cc2)C1. The third-order valence-corrected chi connectivity index (χ3v) is 3.39. The Labute approximate surface area is 111 Å². The second kappa shape index (κ2) is 5.84. The molecule has 0 spiro atoms. The van der Waals surface area contributed by atoms with E-state index < -0.39 is 0 Å². The van der Waals surface area contributed by atoms with E-state index in [0.717, 1.165) is 5.56 Å². The maximum Gasteiger partial charge on any atom is 0.310 e. The zero-order chi connectivity index (χ0) is 13.8. The van der Waals surface area contributed by atoms with Gasteiger partial charge in [0.25, 0.3) is 5.91 Å². The van der Waals surface area contributed by atoms with Crippen LogP contribution in [0.3, 0.4) is 0 Å². The van der Waals surface area contributed by atoms with E-state index in [1.54, 1.807) is 29.2 Å². The van der Waals surface area contributed by atoms with Crippen LogP contribution in [-0.4, -0.2) is 42.1 Å². The summed E-state index contributed by atoms with van der Waals surface area (Å²) in [4.78, 5) is 25.3. The number of benzene rings is 1. The molecular formula is C14H17NO4. The van der Waals surface area contributed by atoms with E-state index in [9.17, 15) is 9.59 Å². The van der Waals surface area contributed by atoms with Crippen molar-refractivity contribution in [2.75, 3.05) is 20.2 Å². The lowest BCUT2D eigenvalue weighted by Crippen LogP contribution is -2.30. The van der Waals surface area contributed by atoms with Crippen molar-refractivity contribution in [2.24, 2.45) is 5.92 Å². The number of carbonyl (C=O) groups excluding carboxylic acids is 2. The van der Waals surface area contributed by atoms with Gasteiger partial charge in [-0.15, -0.1) is 0 Å². The predicted molar refractivity (Wildman–Crippen MR) is 68.4 cm³/mol. The number of hydrogen-bond donors (Lipinski definition) is 1. The van der Waals surface area contributed by atoms with Gasteiger partial charge in [-0.25, -0.2) is 0 Å². The number of amides is 1. The molecule has 1 atom stereocenters. The Hall–Kier alpha value is -1.88. The normalized spacial score (nSPS) is 18.4. The number of aliphatic hydroxyl groups excluding tert-OH is 1. The molecule has 19 heavy (non-hydrogen) atoms. The van der Waals surface area contributed by atoms with Crippen LogP contribution in [0.15, 0.2) is 24.3 Å². The molecule has 1 aromatic carbocycles. The van der Waals surface area contributed by atoms with Gasteiger partial charge in [0.05, 0.1) is 19.6 Å². The van der Waals surface area contributed by atoms with Crippen LogP contribution >= 0.6 is 0 Å². The van der Waals surface area contributed by atoms with Crippen LogP contribution in [0.2, 0.25) is 0 Å². The molecule has 2 rings (SSSR count). The minimum Gasteiger partial charge on any atom is -0.469 e. The number of nitrogens with zero attached hydrogens (tertiary/aromatic N) is 1. The lowest BCUT2D eigenvalue weighted by molar-refractivity contribution is -0.144. The highest BCUT2D eigenvalue weighted by molar-refractivity contribution is 5.94. The first kappa shape index (κ1) is 13.5. The number of rotatable bonds is 3. The number of carbonyl (C=O) groups is 2. The molecule has 0 aromatic heterocycles. The largest absolute Gasteiger partial charge is 0.469 e. The van der Waals surface area contributed by atoms with Crippen molar-refractivity contribution in [1.29, 1.82) is 0 Å². The molecule has 1 N–H and O–H groups in total. The first-order valence-electron chi connectivity index (χ1n) is 6.22. The van der Waals surface area contributed by atoms with Gasteiger partial charge in [-0.1, -0.05) is 12.1 Å². The van der Waals surface area contributed by atoms with Gasteiger partial charge in [0, 0.05) is 18.7 Å². The van der Waals surface area contributed by atoms with Crippen LogP contribution in [0, 0.1) is 5.92 Å². The van der Waals surface area contributed by atoms with Gasteiger partial charge >= 0.3 is 5.97 Å². The summed E-state index contributed by atoms with van der Waals surface area (Å²) in [5, 5.41) is 8.95. The second-order valence-corrected chi connectivity index (χ2v) is 4.61. The molecule has 102 valence electrons. The Kier molecular flexibility index (Phi) is 4.16. The van der Waals surface area contributed by atoms with Crippen molar-refractivity contribution < 1.29 is 19.4 Å². The van der Waals surface area contributed by atoms with E-state index in [1.165, 1.54) is 7.11 Å². The molecule has 1 fully saturated rings.